The van der Waals surface area contributed by atoms with Gasteiger partial charge in [0, 0.05) is 71.7 Å². The second-order valence-electron chi connectivity index (χ2n) is 12.7. The van der Waals surface area contributed by atoms with Gasteiger partial charge in [0.05, 0.1) is 36.7 Å². The van der Waals surface area contributed by atoms with Crippen molar-refractivity contribution in [2.45, 2.75) is 43.9 Å². The average molecular weight is 713 g/mol. The van der Waals surface area contributed by atoms with E-state index in [0.29, 0.717) is 35.0 Å². The van der Waals surface area contributed by atoms with E-state index in [9.17, 15) is 18.8 Å². The molecule has 4 aromatic heterocycles. The van der Waals surface area contributed by atoms with Gasteiger partial charge in [0.2, 0.25) is 0 Å². The maximum Gasteiger partial charge on any atom is 0.318 e. The highest BCUT2D eigenvalue weighted by molar-refractivity contribution is 7.17. The Labute approximate surface area is 296 Å². The number of carbonyl (C=O) groups is 1. The molecular formula is C37H35F3N8O2S. The van der Waals surface area contributed by atoms with Crippen molar-refractivity contribution in [1.29, 1.82) is 5.26 Å². The number of methoxy groups -OCH3 is 1. The van der Waals surface area contributed by atoms with Crippen LogP contribution in [0.3, 0.4) is 0 Å². The standard InChI is InChI=1S/C30H23F2N7O2S.C7H12FN/c1-41-30-36-27-21(15-35-26(25(27)32)22-17-42-24-8-3-2-7-20(22)24)28(37-30)38-12-13-39(19(16-38)9-10-33)29(40)23(31)14-18-6-4-5-11-34-18;8-6-4-7-2-1-3-9(7)5-6/h2-8,11,14-15,17,19H,9,12-13,16H2,1H3;6-7H,1-5H2/b23-14-;. The number of amides is 1. The molecule has 0 saturated carbocycles. The molecule has 3 aliphatic heterocycles. The summed E-state index contributed by atoms with van der Waals surface area (Å²) in [4.78, 5) is 35.8. The summed E-state index contributed by atoms with van der Waals surface area (Å²) in [6.45, 7) is 2.37. The largest absolute Gasteiger partial charge is 0.467 e. The third-order valence-electron chi connectivity index (χ3n) is 9.56. The number of fused-ring (bicyclic) bond motifs is 3. The molecule has 0 spiro atoms. The number of halogens is 3. The Kier molecular flexibility index (Phi) is 10.1. The van der Waals surface area contributed by atoms with Crippen LogP contribution in [0.5, 0.6) is 6.01 Å². The zero-order valence-electron chi connectivity index (χ0n) is 27.9. The number of aromatic nitrogens is 4. The fraction of sp³-hybridized carbons (Fsp3) is 0.351. The second-order valence-corrected chi connectivity index (χ2v) is 13.6. The summed E-state index contributed by atoms with van der Waals surface area (Å²) >= 11 is 1.50. The van der Waals surface area contributed by atoms with Crippen molar-refractivity contribution in [1.82, 2.24) is 29.7 Å². The molecule has 3 saturated heterocycles. The van der Waals surface area contributed by atoms with Crippen LogP contribution in [0, 0.1) is 17.1 Å². The molecule has 0 bridgehead atoms. The Balaban J connectivity index is 0.000000389. The molecular weight excluding hydrogens is 678 g/mol. The minimum absolute atomic E-state index is 0.0385. The molecule has 262 valence electrons. The number of hydrogen-bond donors (Lipinski definition) is 0. The van der Waals surface area contributed by atoms with E-state index in [1.54, 1.807) is 18.2 Å². The number of alkyl halides is 1. The van der Waals surface area contributed by atoms with E-state index < -0.39 is 29.8 Å². The van der Waals surface area contributed by atoms with E-state index >= 15 is 4.39 Å². The summed E-state index contributed by atoms with van der Waals surface area (Å²) in [6.07, 6.45) is 6.88. The first kappa shape index (κ1) is 34.3. The number of nitriles is 1. The Morgan fingerprint density at radius 3 is 2.73 bits per heavy atom. The van der Waals surface area contributed by atoms with Crippen LogP contribution < -0.4 is 9.64 Å². The van der Waals surface area contributed by atoms with Gasteiger partial charge < -0.3 is 14.5 Å². The maximum absolute atomic E-state index is 16.1. The van der Waals surface area contributed by atoms with Crippen molar-refractivity contribution >= 4 is 50.1 Å². The Hall–Kier alpha value is -5.13. The zero-order chi connectivity index (χ0) is 35.5. The first-order valence-electron chi connectivity index (χ1n) is 16.8. The first-order valence-corrected chi connectivity index (χ1v) is 17.7. The molecule has 0 radical (unpaired) electrons. The van der Waals surface area contributed by atoms with Crippen LogP contribution in [-0.4, -0.2) is 93.7 Å². The molecule has 1 amide bonds. The molecule has 14 heteroatoms. The van der Waals surface area contributed by atoms with Gasteiger partial charge in [0.1, 0.15) is 23.2 Å². The van der Waals surface area contributed by atoms with Crippen molar-refractivity contribution < 1.29 is 22.7 Å². The average Bonchev–Trinajstić information content (AvgIpc) is 3.87. The van der Waals surface area contributed by atoms with Crippen LogP contribution in [-0.2, 0) is 4.79 Å². The summed E-state index contributed by atoms with van der Waals surface area (Å²) < 4.78 is 50.0. The molecule has 3 atom stereocenters. The van der Waals surface area contributed by atoms with Gasteiger partial charge in [-0.05, 0) is 44.0 Å². The van der Waals surface area contributed by atoms with Crippen molar-refractivity contribution in [3.8, 4) is 23.3 Å². The minimum Gasteiger partial charge on any atom is -0.467 e. The highest BCUT2D eigenvalue weighted by atomic mass is 32.1. The van der Waals surface area contributed by atoms with Crippen LogP contribution in [0.1, 0.15) is 31.4 Å². The SMILES string of the molecule is COc1nc(N2CCN(C(=O)/C(F)=C/c3ccccn3)C(CC#N)C2)c2cnc(-c3csc4ccccc34)c(F)c2n1.FC1CC2CCCN2C1. The molecule has 7 heterocycles. The highest BCUT2D eigenvalue weighted by Crippen LogP contribution is 2.38. The van der Waals surface area contributed by atoms with E-state index in [-0.39, 0.29) is 43.3 Å². The predicted octanol–water partition coefficient (Wildman–Crippen LogP) is 6.58. The van der Waals surface area contributed by atoms with Gasteiger partial charge in [-0.15, -0.1) is 11.3 Å². The van der Waals surface area contributed by atoms with Gasteiger partial charge >= 0.3 is 6.01 Å². The van der Waals surface area contributed by atoms with Crippen molar-refractivity contribution in [3.63, 3.8) is 0 Å². The number of hydrogen-bond acceptors (Lipinski definition) is 10. The van der Waals surface area contributed by atoms with Gasteiger partial charge in [-0.25, -0.2) is 13.2 Å². The van der Waals surface area contributed by atoms with Gasteiger partial charge in [0.15, 0.2) is 11.6 Å². The topological polar surface area (TPSA) is 111 Å². The highest BCUT2D eigenvalue weighted by Gasteiger charge is 2.35. The number of ether oxygens (including phenoxy) is 1. The summed E-state index contributed by atoms with van der Waals surface area (Å²) in [6, 6.07) is 14.7. The Bertz CT molecular complexity index is 2110. The number of thiophene rings is 1. The van der Waals surface area contributed by atoms with Gasteiger partial charge in [-0.3, -0.25) is 19.7 Å². The quantitative estimate of drug-likeness (QED) is 0.180. The van der Waals surface area contributed by atoms with Crippen LogP contribution in [0.25, 0.3) is 38.3 Å². The normalized spacial score (nSPS) is 20.6. The number of anilines is 1. The molecule has 8 rings (SSSR count). The van der Waals surface area contributed by atoms with Crippen LogP contribution >= 0.6 is 11.3 Å². The molecule has 0 aliphatic carbocycles. The smallest absolute Gasteiger partial charge is 0.318 e. The molecule has 1 aromatic carbocycles. The molecule has 51 heavy (non-hydrogen) atoms. The third kappa shape index (κ3) is 7.09. The lowest BCUT2D eigenvalue weighted by Crippen LogP contribution is -2.55. The van der Waals surface area contributed by atoms with Crippen molar-refractivity contribution in [2.75, 3.05) is 44.7 Å². The number of benzene rings is 1. The monoisotopic (exact) mass is 712 g/mol. The lowest BCUT2D eigenvalue weighted by molar-refractivity contribution is -0.131. The van der Waals surface area contributed by atoms with Gasteiger partial charge in [-0.1, -0.05) is 24.3 Å². The predicted molar refractivity (Wildman–Crippen MR) is 190 cm³/mol. The number of carbonyl (C=O) groups excluding carboxylic acids is 1. The van der Waals surface area contributed by atoms with E-state index in [2.05, 4.69) is 30.9 Å². The second kappa shape index (κ2) is 15.0. The maximum atomic E-state index is 16.1. The molecule has 5 aromatic rings. The fourth-order valence-corrected chi connectivity index (χ4v) is 8.06. The summed E-state index contributed by atoms with van der Waals surface area (Å²) in [7, 11) is 1.39. The summed E-state index contributed by atoms with van der Waals surface area (Å²) in [5.41, 5.74) is 1.18. The van der Waals surface area contributed by atoms with Crippen LogP contribution in [0.4, 0.5) is 19.0 Å². The van der Waals surface area contributed by atoms with Gasteiger partial charge in [0.25, 0.3) is 5.91 Å². The summed E-state index contributed by atoms with van der Waals surface area (Å²) in [5.74, 6) is -2.06. The molecule has 0 N–H and O–H groups in total. The molecule has 3 fully saturated rings. The van der Waals surface area contributed by atoms with E-state index in [1.165, 1.54) is 48.6 Å². The van der Waals surface area contributed by atoms with Crippen molar-refractivity contribution in [3.05, 3.63) is 77.6 Å². The summed E-state index contributed by atoms with van der Waals surface area (Å²) in [5, 5.41) is 12.6. The number of pyridine rings is 2. The zero-order valence-corrected chi connectivity index (χ0v) is 28.7. The molecule has 3 unspecified atom stereocenters. The number of rotatable bonds is 6. The Morgan fingerprint density at radius 2 is 1.94 bits per heavy atom. The van der Waals surface area contributed by atoms with E-state index in [0.717, 1.165) is 29.1 Å². The van der Waals surface area contributed by atoms with E-state index in [4.69, 9.17) is 4.74 Å². The molecule has 10 nitrogen and oxygen atoms in total. The molecule has 3 aliphatic rings. The number of piperazine rings is 1. The minimum atomic E-state index is -0.973. The fourth-order valence-electron chi connectivity index (χ4n) is 7.11. The first-order chi connectivity index (χ1) is 24.8. The van der Waals surface area contributed by atoms with Crippen LogP contribution in [0.15, 0.2) is 66.1 Å². The van der Waals surface area contributed by atoms with Crippen molar-refractivity contribution in [2.24, 2.45) is 0 Å². The third-order valence-corrected chi connectivity index (χ3v) is 10.5. The lowest BCUT2D eigenvalue weighted by Gasteiger charge is -2.41. The number of nitrogens with zero attached hydrogens (tertiary/aromatic N) is 8. The Morgan fingerprint density at radius 1 is 1.10 bits per heavy atom. The van der Waals surface area contributed by atoms with Crippen LogP contribution in [0.2, 0.25) is 0 Å². The van der Waals surface area contributed by atoms with E-state index in [1.807, 2.05) is 34.5 Å². The lowest BCUT2D eigenvalue weighted by atomic mass is 10.1. The van der Waals surface area contributed by atoms with Gasteiger partial charge in [-0.2, -0.15) is 15.2 Å².